The predicted molar refractivity (Wildman–Crippen MR) is 72.5 cm³/mol. The Balaban J connectivity index is 1.99. The van der Waals surface area contributed by atoms with E-state index in [0.717, 1.165) is 20.2 Å². The van der Waals surface area contributed by atoms with E-state index >= 15 is 0 Å². The first kappa shape index (κ1) is 10.1. The Bertz CT molecular complexity index is 613. The van der Waals surface area contributed by atoms with Crippen LogP contribution in [0.2, 0.25) is 0 Å². The number of hydrogen-bond donors (Lipinski definition) is 1. The summed E-state index contributed by atoms with van der Waals surface area (Å²) in [6, 6.07) is 10.0. The van der Waals surface area contributed by atoms with Crippen LogP contribution in [0.1, 0.15) is 0 Å². The van der Waals surface area contributed by atoms with Crippen molar-refractivity contribution in [1.29, 1.82) is 0 Å². The Morgan fingerprint density at radius 1 is 1.25 bits per heavy atom. The van der Waals surface area contributed by atoms with Gasteiger partial charge in [-0.2, -0.15) is 0 Å². The van der Waals surface area contributed by atoms with Crippen LogP contribution < -0.4 is 5.73 Å². The first-order valence-corrected chi connectivity index (χ1v) is 7.20. The maximum absolute atomic E-state index is 5.74. The number of thiophene rings is 1. The lowest BCUT2D eigenvalue weighted by atomic mass is 10.3. The van der Waals surface area contributed by atoms with Gasteiger partial charge in [-0.15, -0.1) is 22.7 Å². The topological polar surface area (TPSA) is 38.9 Å². The van der Waals surface area contributed by atoms with Crippen molar-refractivity contribution >= 4 is 50.3 Å². The van der Waals surface area contributed by atoms with Crippen LogP contribution in [-0.2, 0) is 0 Å². The predicted octanol–water partition coefficient (Wildman–Crippen LogP) is 4.09. The number of nitrogens with zero attached hydrogens (tertiary/aromatic N) is 1. The van der Waals surface area contributed by atoms with E-state index in [1.807, 2.05) is 18.2 Å². The SMILES string of the molecule is Nc1ccc2nc(Sc3cccs3)sc2c1. The van der Waals surface area contributed by atoms with Crippen LogP contribution in [0, 0.1) is 0 Å². The molecule has 0 saturated carbocycles. The first-order chi connectivity index (χ1) is 7.81. The fourth-order valence-corrected chi connectivity index (χ4v) is 4.49. The van der Waals surface area contributed by atoms with Gasteiger partial charge in [-0.25, -0.2) is 4.98 Å². The monoisotopic (exact) mass is 264 g/mol. The highest BCUT2D eigenvalue weighted by molar-refractivity contribution is 8.02. The maximum Gasteiger partial charge on any atom is 0.156 e. The summed E-state index contributed by atoms with van der Waals surface area (Å²) in [5, 5.41) is 2.08. The largest absolute Gasteiger partial charge is 0.399 e. The molecule has 0 spiro atoms. The Morgan fingerprint density at radius 3 is 3.00 bits per heavy atom. The normalized spacial score (nSPS) is 11.0. The van der Waals surface area contributed by atoms with Gasteiger partial charge in [-0.3, -0.25) is 0 Å². The molecule has 80 valence electrons. The van der Waals surface area contributed by atoms with Crippen molar-refractivity contribution in [3.8, 4) is 0 Å². The Morgan fingerprint density at radius 2 is 2.19 bits per heavy atom. The summed E-state index contributed by atoms with van der Waals surface area (Å²) >= 11 is 5.13. The molecule has 2 N–H and O–H groups in total. The lowest BCUT2D eigenvalue weighted by Crippen LogP contribution is -1.81. The minimum atomic E-state index is 0.795. The third-order valence-electron chi connectivity index (χ3n) is 2.08. The summed E-state index contributed by atoms with van der Waals surface area (Å²) in [5.74, 6) is 0. The molecule has 0 aliphatic carbocycles. The summed E-state index contributed by atoms with van der Waals surface area (Å²) in [5.41, 5.74) is 7.56. The molecule has 2 aromatic heterocycles. The summed E-state index contributed by atoms with van der Waals surface area (Å²) in [6.07, 6.45) is 0. The standard InChI is InChI=1S/C11H8N2S3/c12-7-3-4-8-9(6-7)15-11(13-8)16-10-2-1-5-14-10/h1-6H,12H2. The molecule has 0 unspecified atom stereocenters. The van der Waals surface area contributed by atoms with Crippen molar-refractivity contribution in [2.45, 2.75) is 8.55 Å². The summed E-state index contributed by atoms with van der Waals surface area (Å²) in [4.78, 5) is 4.56. The van der Waals surface area contributed by atoms with Gasteiger partial charge < -0.3 is 5.73 Å². The molecule has 0 atom stereocenters. The van der Waals surface area contributed by atoms with Crippen molar-refractivity contribution in [1.82, 2.24) is 4.98 Å². The second-order valence-corrected chi connectivity index (χ2v) is 6.77. The van der Waals surface area contributed by atoms with Gasteiger partial charge in [0.25, 0.3) is 0 Å². The number of fused-ring (bicyclic) bond motifs is 1. The van der Waals surface area contributed by atoms with Crippen molar-refractivity contribution in [2.75, 3.05) is 5.73 Å². The Kier molecular flexibility index (Phi) is 2.59. The first-order valence-electron chi connectivity index (χ1n) is 4.69. The zero-order valence-corrected chi connectivity index (χ0v) is 10.7. The van der Waals surface area contributed by atoms with E-state index in [2.05, 4.69) is 22.5 Å². The highest BCUT2D eigenvalue weighted by Crippen LogP contribution is 2.36. The van der Waals surface area contributed by atoms with E-state index in [4.69, 9.17) is 5.73 Å². The number of hydrogen-bond acceptors (Lipinski definition) is 5. The fraction of sp³-hybridized carbons (Fsp3) is 0. The molecular formula is C11H8N2S3. The molecule has 0 radical (unpaired) electrons. The van der Waals surface area contributed by atoms with Crippen LogP contribution in [-0.4, -0.2) is 4.98 Å². The van der Waals surface area contributed by atoms with Gasteiger partial charge in [-0.05, 0) is 41.4 Å². The van der Waals surface area contributed by atoms with Crippen molar-refractivity contribution in [2.24, 2.45) is 0 Å². The van der Waals surface area contributed by atoms with Gasteiger partial charge in [0.05, 0.1) is 14.4 Å². The van der Waals surface area contributed by atoms with E-state index in [0.29, 0.717) is 0 Å². The highest BCUT2D eigenvalue weighted by atomic mass is 32.2. The average molecular weight is 264 g/mol. The van der Waals surface area contributed by atoms with Gasteiger partial charge in [0, 0.05) is 5.69 Å². The summed E-state index contributed by atoms with van der Waals surface area (Å²) in [6.45, 7) is 0. The van der Waals surface area contributed by atoms with Gasteiger partial charge in [0.2, 0.25) is 0 Å². The van der Waals surface area contributed by atoms with Gasteiger partial charge in [0.15, 0.2) is 4.34 Å². The smallest absolute Gasteiger partial charge is 0.156 e. The molecule has 2 heterocycles. The third-order valence-corrected chi connectivity index (χ3v) is 5.19. The third kappa shape index (κ3) is 1.93. The molecule has 0 bridgehead atoms. The van der Waals surface area contributed by atoms with Crippen LogP contribution in [0.4, 0.5) is 5.69 Å². The number of aromatic nitrogens is 1. The average Bonchev–Trinajstić information content (AvgIpc) is 2.86. The van der Waals surface area contributed by atoms with Gasteiger partial charge in [0.1, 0.15) is 0 Å². The van der Waals surface area contributed by atoms with Crippen molar-refractivity contribution < 1.29 is 0 Å². The Hall–Kier alpha value is -1.04. The minimum absolute atomic E-state index is 0.795. The zero-order chi connectivity index (χ0) is 11.0. The quantitative estimate of drug-likeness (QED) is 0.708. The minimum Gasteiger partial charge on any atom is -0.399 e. The van der Waals surface area contributed by atoms with Crippen molar-refractivity contribution in [3.63, 3.8) is 0 Å². The fourth-order valence-electron chi connectivity index (χ4n) is 1.37. The molecule has 0 fully saturated rings. The maximum atomic E-state index is 5.74. The second kappa shape index (κ2) is 4.08. The van der Waals surface area contributed by atoms with E-state index in [-0.39, 0.29) is 0 Å². The molecule has 3 aromatic rings. The Labute approximate surface area is 105 Å². The van der Waals surface area contributed by atoms with E-state index in [1.54, 1.807) is 34.4 Å². The van der Waals surface area contributed by atoms with Crippen LogP contribution in [0.25, 0.3) is 10.2 Å². The molecule has 0 aliphatic heterocycles. The lowest BCUT2D eigenvalue weighted by Gasteiger charge is -1.89. The number of anilines is 1. The number of benzene rings is 1. The molecular weight excluding hydrogens is 256 g/mol. The van der Waals surface area contributed by atoms with E-state index < -0.39 is 0 Å². The number of rotatable bonds is 2. The highest BCUT2D eigenvalue weighted by Gasteiger charge is 2.06. The molecule has 0 aliphatic rings. The lowest BCUT2D eigenvalue weighted by molar-refractivity contribution is 1.30. The van der Waals surface area contributed by atoms with Crippen molar-refractivity contribution in [3.05, 3.63) is 35.7 Å². The number of nitrogens with two attached hydrogens (primary N) is 1. The van der Waals surface area contributed by atoms with Crippen LogP contribution in [0.15, 0.2) is 44.3 Å². The van der Waals surface area contributed by atoms with Gasteiger partial charge >= 0.3 is 0 Å². The van der Waals surface area contributed by atoms with E-state index in [9.17, 15) is 0 Å². The van der Waals surface area contributed by atoms with E-state index in [1.165, 1.54) is 4.21 Å². The number of thiazole rings is 1. The molecule has 0 saturated heterocycles. The molecule has 1 aromatic carbocycles. The molecule has 3 rings (SSSR count). The summed E-state index contributed by atoms with van der Waals surface area (Å²) < 4.78 is 3.49. The number of nitrogen functional groups attached to an aromatic ring is 1. The van der Waals surface area contributed by atoms with Crippen LogP contribution in [0.3, 0.4) is 0 Å². The summed E-state index contributed by atoms with van der Waals surface area (Å²) in [7, 11) is 0. The second-order valence-electron chi connectivity index (χ2n) is 3.24. The molecule has 5 heteroatoms. The molecule has 2 nitrogen and oxygen atoms in total. The van der Waals surface area contributed by atoms with Crippen LogP contribution in [0.5, 0.6) is 0 Å². The zero-order valence-electron chi connectivity index (χ0n) is 8.21. The molecule has 0 amide bonds. The molecule has 16 heavy (non-hydrogen) atoms. The van der Waals surface area contributed by atoms with Gasteiger partial charge in [-0.1, -0.05) is 6.07 Å². The van der Waals surface area contributed by atoms with Crippen LogP contribution >= 0.6 is 34.4 Å².